The van der Waals surface area contributed by atoms with Crippen molar-refractivity contribution < 1.29 is 14.1 Å². The fourth-order valence-corrected chi connectivity index (χ4v) is 3.71. The number of hydrogen-bond acceptors (Lipinski definition) is 6. The first kappa shape index (κ1) is 17.2. The molecule has 1 atom stereocenters. The van der Waals surface area contributed by atoms with Gasteiger partial charge >= 0.3 is 0 Å². The summed E-state index contributed by atoms with van der Waals surface area (Å²) in [7, 11) is 0. The number of carbonyl (C=O) groups is 1. The number of rotatable bonds is 5. The van der Waals surface area contributed by atoms with Crippen LogP contribution < -0.4 is 5.32 Å². The summed E-state index contributed by atoms with van der Waals surface area (Å²) < 4.78 is 12.4. The SMILES string of the molecule is Cc1cc(CN2Cc3ccnn3[C@H](C(=O)NCC3CCOCC3)C2)no1. The second kappa shape index (κ2) is 7.59. The van der Waals surface area contributed by atoms with Crippen LogP contribution in [0.5, 0.6) is 0 Å². The smallest absolute Gasteiger partial charge is 0.246 e. The number of nitrogens with one attached hydrogen (secondary N) is 1. The second-order valence-electron chi connectivity index (χ2n) is 7.18. The zero-order chi connectivity index (χ0) is 17.9. The lowest BCUT2D eigenvalue weighted by Gasteiger charge is -2.33. The van der Waals surface area contributed by atoms with Crippen molar-refractivity contribution in [2.75, 3.05) is 26.3 Å². The van der Waals surface area contributed by atoms with Crippen molar-refractivity contribution in [1.82, 2.24) is 25.2 Å². The van der Waals surface area contributed by atoms with E-state index in [0.717, 1.165) is 49.7 Å². The van der Waals surface area contributed by atoms with Crippen LogP contribution in [-0.2, 0) is 22.6 Å². The van der Waals surface area contributed by atoms with Gasteiger partial charge in [-0.1, -0.05) is 5.16 Å². The van der Waals surface area contributed by atoms with Crippen LogP contribution in [0.25, 0.3) is 0 Å². The fraction of sp³-hybridized carbons (Fsp3) is 0.611. The fourth-order valence-electron chi connectivity index (χ4n) is 3.71. The van der Waals surface area contributed by atoms with Gasteiger partial charge in [-0.25, -0.2) is 0 Å². The van der Waals surface area contributed by atoms with Gasteiger partial charge in [-0.15, -0.1) is 0 Å². The van der Waals surface area contributed by atoms with Gasteiger partial charge in [0.1, 0.15) is 11.8 Å². The van der Waals surface area contributed by atoms with Crippen molar-refractivity contribution in [1.29, 1.82) is 0 Å². The molecular weight excluding hydrogens is 334 g/mol. The number of amides is 1. The molecule has 8 heteroatoms. The molecule has 140 valence electrons. The molecule has 1 saturated heterocycles. The zero-order valence-corrected chi connectivity index (χ0v) is 15.1. The highest BCUT2D eigenvalue weighted by Crippen LogP contribution is 2.22. The maximum absolute atomic E-state index is 12.8. The van der Waals surface area contributed by atoms with E-state index in [4.69, 9.17) is 9.26 Å². The van der Waals surface area contributed by atoms with Crippen LogP contribution in [-0.4, -0.2) is 52.0 Å². The minimum atomic E-state index is -0.318. The molecule has 0 aromatic carbocycles. The predicted molar refractivity (Wildman–Crippen MR) is 93.2 cm³/mol. The second-order valence-corrected chi connectivity index (χ2v) is 7.18. The van der Waals surface area contributed by atoms with Crippen LogP contribution in [0.2, 0.25) is 0 Å². The Labute approximate surface area is 152 Å². The Morgan fingerprint density at radius 2 is 2.23 bits per heavy atom. The van der Waals surface area contributed by atoms with Crippen molar-refractivity contribution in [2.24, 2.45) is 5.92 Å². The molecule has 2 aliphatic rings. The van der Waals surface area contributed by atoms with Gasteiger partial charge in [-0.05, 0) is 31.7 Å². The largest absolute Gasteiger partial charge is 0.381 e. The van der Waals surface area contributed by atoms with E-state index in [-0.39, 0.29) is 11.9 Å². The summed E-state index contributed by atoms with van der Waals surface area (Å²) >= 11 is 0. The quantitative estimate of drug-likeness (QED) is 0.866. The normalized spacial score (nSPS) is 21.5. The van der Waals surface area contributed by atoms with Gasteiger partial charge in [0, 0.05) is 51.7 Å². The number of fused-ring (bicyclic) bond motifs is 1. The maximum atomic E-state index is 12.8. The van der Waals surface area contributed by atoms with E-state index in [9.17, 15) is 4.79 Å². The average Bonchev–Trinajstić information content (AvgIpc) is 3.28. The highest BCUT2D eigenvalue weighted by molar-refractivity contribution is 5.80. The van der Waals surface area contributed by atoms with E-state index in [1.54, 1.807) is 6.20 Å². The lowest BCUT2D eigenvalue weighted by Crippen LogP contribution is -2.46. The Bertz CT molecular complexity index is 750. The molecule has 4 rings (SSSR count). The molecule has 1 N–H and O–H groups in total. The van der Waals surface area contributed by atoms with E-state index < -0.39 is 0 Å². The van der Waals surface area contributed by atoms with Crippen LogP contribution in [0, 0.1) is 12.8 Å². The molecule has 2 aromatic rings. The van der Waals surface area contributed by atoms with Gasteiger partial charge in [0.25, 0.3) is 0 Å². The molecule has 0 bridgehead atoms. The average molecular weight is 359 g/mol. The van der Waals surface area contributed by atoms with E-state index in [2.05, 4.69) is 20.5 Å². The third-order valence-corrected chi connectivity index (χ3v) is 5.14. The van der Waals surface area contributed by atoms with Crippen LogP contribution in [0.15, 0.2) is 22.9 Å². The minimum absolute atomic E-state index is 0.0301. The summed E-state index contributed by atoms with van der Waals surface area (Å²) in [5.74, 6) is 1.33. The van der Waals surface area contributed by atoms with Gasteiger partial charge in [0.05, 0.1) is 11.4 Å². The van der Waals surface area contributed by atoms with Crippen molar-refractivity contribution in [3.63, 3.8) is 0 Å². The van der Waals surface area contributed by atoms with Crippen molar-refractivity contribution in [3.05, 3.63) is 35.5 Å². The molecule has 0 unspecified atom stereocenters. The molecule has 0 aliphatic carbocycles. The molecule has 0 saturated carbocycles. The van der Waals surface area contributed by atoms with Gasteiger partial charge in [0.2, 0.25) is 5.91 Å². The van der Waals surface area contributed by atoms with Gasteiger partial charge in [-0.2, -0.15) is 5.10 Å². The van der Waals surface area contributed by atoms with Gasteiger partial charge < -0.3 is 14.6 Å². The Morgan fingerprint density at radius 3 is 3.00 bits per heavy atom. The zero-order valence-electron chi connectivity index (χ0n) is 15.1. The summed E-state index contributed by atoms with van der Waals surface area (Å²) in [5.41, 5.74) is 1.93. The third-order valence-electron chi connectivity index (χ3n) is 5.14. The highest BCUT2D eigenvalue weighted by atomic mass is 16.5. The van der Waals surface area contributed by atoms with Crippen LogP contribution in [0.1, 0.15) is 36.0 Å². The number of ether oxygens (including phenoxy) is 1. The molecule has 4 heterocycles. The summed E-state index contributed by atoms with van der Waals surface area (Å²) in [6.45, 7) is 6.19. The number of aryl methyl sites for hydroxylation is 1. The van der Waals surface area contributed by atoms with Gasteiger partial charge in [0.15, 0.2) is 0 Å². The van der Waals surface area contributed by atoms with E-state index in [1.807, 2.05) is 23.7 Å². The van der Waals surface area contributed by atoms with Crippen molar-refractivity contribution >= 4 is 5.91 Å². The van der Waals surface area contributed by atoms with E-state index in [0.29, 0.717) is 25.6 Å². The molecule has 26 heavy (non-hydrogen) atoms. The van der Waals surface area contributed by atoms with Crippen LogP contribution in [0.4, 0.5) is 0 Å². The lowest BCUT2D eigenvalue weighted by atomic mass is 10.0. The summed E-state index contributed by atoms with van der Waals surface area (Å²) in [5, 5.41) is 11.6. The highest BCUT2D eigenvalue weighted by Gasteiger charge is 2.31. The summed E-state index contributed by atoms with van der Waals surface area (Å²) in [4.78, 5) is 15.1. The maximum Gasteiger partial charge on any atom is 0.246 e. The number of nitrogens with zero attached hydrogens (tertiary/aromatic N) is 4. The molecule has 2 aromatic heterocycles. The molecule has 8 nitrogen and oxygen atoms in total. The monoisotopic (exact) mass is 359 g/mol. The predicted octanol–water partition coefficient (Wildman–Crippen LogP) is 1.28. The molecular formula is C18H25N5O3. The van der Waals surface area contributed by atoms with Gasteiger partial charge in [-0.3, -0.25) is 14.4 Å². The first-order valence-corrected chi connectivity index (χ1v) is 9.21. The lowest BCUT2D eigenvalue weighted by molar-refractivity contribution is -0.126. The Hall–Kier alpha value is -2.19. The molecule has 0 spiro atoms. The van der Waals surface area contributed by atoms with Crippen molar-refractivity contribution in [2.45, 2.75) is 38.9 Å². The molecule has 0 radical (unpaired) electrons. The van der Waals surface area contributed by atoms with Crippen LogP contribution >= 0.6 is 0 Å². The molecule has 1 fully saturated rings. The summed E-state index contributed by atoms with van der Waals surface area (Å²) in [6, 6.07) is 3.59. The topological polar surface area (TPSA) is 85.4 Å². The minimum Gasteiger partial charge on any atom is -0.381 e. The van der Waals surface area contributed by atoms with E-state index >= 15 is 0 Å². The Morgan fingerprint density at radius 1 is 1.38 bits per heavy atom. The van der Waals surface area contributed by atoms with Crippen molar-refractivity contribution in [3.8, 4) is 0 Å². The van der Waals surface area contributed by atoms with Crippen LogP contribution in [0.3, 0.4) is 0 Å². The third kappa shape index (κ3) is 3.81. The standard InChI is InChI=1S/C18H25N5O3/c1-13-8-15(21-26-13)10-22-11-16-2-5-20-23(16)17(12-22)18(24)19-9-14-3-6-25-7-4-14/h2,5,8,14,17H,3-4,6-7,9-12H2,1H3,(H,19,24)/t17-/m0/s1. The van der Waals surface area contributed by atoms with E-state index in [1.165, 1.54) is 0 Å². The first-order chi connectivity index (χ1) is 12.7. The number of hydrogen-bond donors (Lipinski definition) is 1. The number of aromatic nitrogens is 3. The molecule has 1 amide bonds. The first-order valence-electron chi connectivity index (χ1n) is 9.21. The Kier molecular flexibility index (Phi) is 5.03. The molecule has 2 aliphatic heterocycles. The number of carbonyl (C=O) groups excluding carboxylic acids is 1. The summed E-state index contributed by atoms with van der Waals surface area (Å²) in [6.07, 6.45) is 3.78. The Balaban J connectivity index is 1.41.